The maximum atomic E-state index is 13.0. The first-order chi connectivity index (χ1) is 14.9. The highest BCUT2D eigenvalue weighted by Crippen LogP contribution is 2.30. The topological polar surface area (TPSA) is 91.6 Å². The molecule has 0 aliphatic rings. The van der Waals surface area contributed by atoms with Crippen LogP contribution in [0.1, 0.15) is 11.5 Å². The van der Waals surface area contributed by atoms with Gasteiger partial charge in [-0.15, -0.1) is 0 Å². The Labute approximate surface area is 175 Å². The lowest BCUT2D eigenvalue weighted by atomic mass is 10.2. The molecule has 0 radical (unpaired) electrons. The fourth-order valence-corrected chi connectivity index (χ4v) is 3.67. The predicted molar refractivity (Wildman–Crippen MR) is 105 cm³/mol. The fourth-order valence-electron chi connectivity index (χ4n) is 3.04. The molecule has 0 fully saturated rings. The van der Waals surface area contributed by atoms with Crippen molar-refractivity contribution < 1.29 is 17.7 Å². The molecule has 1 aromatic carbocycles. The number of nitrogens with zero attached hydrogens (tertiary/aromatic N) is 6. The van der Waals surface area contributed by atoms with Crippen molar-refractivity contribution in [3.05, 3.63) is 75.4 Å². The van der Waals surface area contributed by atoms with Crippen molar-refractivity contribution in [3.63, 3.8) is 0 Å². The molecule has 0 spiro atoms. The summed E-state index contributed by atoms with van der Waals surface area (Å²) in [5.74, 6) is 0.630. The summed E-state index contributed by atoms with van der Waals surface area (Å²) in [6.45, 7) is -0.00630. The summed E-state index contributed by atoms with van der Waals surface area (Å²) in [7, 11) is 0. The van der Waals surface area contributed by atoms with Crippen molar-refractivity contribution in [2.45, 2.75) is 12.7 Å². The Morgan fingerprint density at radius 1 is 1.19 bits per heavy atom. The summed E-state index contributed by atoms with van der Waals surface area (Å²) in [4.78, 5) is 21.3. The van der Waals surface area contributed by atoms with Crippen LogP contribution in [0, 0.1) is 0 Å². The van der Waals surface area contributed by atoms with Gasteiger partial charge in [0.2, 0.25) is 11.7 Å². The van der Waals surface area contributed by atoms with Gasteiger partial charge in [0.05, 0.1) is 17.4 Å². The second-order valence-corrected chi connectivity index (χ2v) is 7.32. The van der Waals surface area contributed by atoms with E-state index in [0.29, 0.717) is 5.82 Å². The summed E-state index contributed by atoms with van der Waals surface area (Å²) in [6.07, 6.45) is -1.96. The fraction of sp³-hybridized carbons (Fsp3) is 0.105. The van der Waals surface area contributed by atoms with Gasteiger partial charge in [-0.3, -0.25) is 9.36 Å². The van der Waals surface area contributed by atoms with Gasteiger partial charge in [0.25, 0.3) is 5.56 Å². The molecule has 5 rings (SSSR count). The summed E-state index contributed by atoms with van der Waals surface area (Å²) in [5, 5.41) is 11.9. The predicted octanol–water partition coefficient (Wildman–Crippen LogP) is 3.76. The molecule has 4 aromatic heterocycles. The van der Waals surface area contributed by atoms with Crippen LogP contribution < -0.4 is 5.56 Å². The minimum Gasteiger partial charge on any atom is -0.337 e. The van der Waals surface area contributed by atoms with Gasteiger partial charge in [-0.1, -0.05) is 11.2 Å². The van der Waals surface area contributed by atoms with Crippen molar-refractivity contribution in [1.82, 2.24) is 29.5 Å². The first-order valence-corrected chi connectivity index (χ1v) is 9.80. The number of fused-ring (bicyclic) bond motifs is 1. The van der Waals surface area contributed by atoms with Crippen molar-refractivity contribution in [1.29, 1.82) is 0 Å². The van der Waals surface area contributed by atoms with E-state index >= 15 is 0 Å². The highest BCUT2D eigenvalue weighted by molar-refractivity contribution is 7.08. The number of benzene rings is 1. The average molecular weight is 444 g/mol. The summed E-state index contributed by atoms with van der Waals surface area (Å²) < 4.78 is 46.7. The van der Waals surface area contributed by atoms with E-state index in [-0.39, 0.29) is 29.2 Å². The van der Waals surface area contributed by atoms with Gasteiger partial charge in [-0.05, 0) is 29.6 Å². The number of aromatic nitrogens is 6. The SMILES string of the molecule is O=c1c2cnn(-c3cccc(C(F)(F)F)c3)c2ncn1Cc1nc(-c2ccsc2)no1. The van der Waals surface area contributed by atoms with Crippen LogP contribution in [0.5, 0.6) is 0 Å². The normalized spacial score (nSPS) is 12.0. The molecule has 31 heavy (non-hydrogen) atoms. The van der Waals surface area contributed by atoms with Crippen LogP contribution in [-0.4, -0.2) is 29.5 Å². The van der Waals surface area contributed by atoms with E-state index in [2.05, 4.69) is 20.2 Å². The lowest BCUT2D eigenvalue weighted by molar-refractivity contribution is -0.137. The molecule has 0 aliphatic carbocycles. The zero-order chi connectivity index (χ0) is 21.6. The quantitative estimate of drug-likeness (QED) is 0.419. The lowest BCUT2D eigenvalue weighted by Gasteiger charge is -2.09. The minimum atomic E-state index is -4.49. The van der Waals surface area contributed by atoms with Crippen molar-refractivity contribution >= 4 is 22.4 Å². The Hall–Kier alpha value is -3.80. The molecular weight excluding hydrogens is 433 g/mol. The van der Waals surface area contributed by atoms with E-state index in [4.69, 9.17) is 4.52 Å². The summed E-state index contributed by atoms with van der Waals surface area (Å²) >= 11 is 1.50. The van der Waals surface area contributed by atoms with E-state index < -0.39 is 17.3 Å². The first-order valence-electron chi connectivity index (χ1n) is 8.86. The Morgan fingerprint density at radius 3 is 2.84 bits per heavy atom. The number of halogens is 3. The third-order valence-electron chi connectivity index (χ3n) is 4.53. The second-order valence-electron chi connectivity index (χ2n) is 6.54. The Bertz CT molecular complexity index is 1440. The van der Waals surface area contributed by atoms with Gasteiger partial charge in [-0.2, -0.15) is 34.6 Å². The molecule has 0 aliphatic heterocycles. The van der Waals surface area contributed by atoms with E-state index in [0.717, 1.165) is 17.7 Å². The minimum absolute atomic E-state index is 0.00630. The Balaban J connectivity index is 1.49. The van der Waals surface area contributed by atoms with Gasteiger partial charge in [0.1, 0.15) is 18.3 Å². The molecule has 0 unspecified atom stereocenters. The van der Waals surface area contributed by atoms with Gasteiger partial charge < -0.3 is 4.52 Å². The van der Waals surface area contributed by atoms with Crippen molar-refractivity contribution in [3.8, 4) is 17.1 Å². The van der Waals surface area contributed by atoms with Crippen LogP contribution in [0.4, 0.5) is 13.2 Å². The average Bonchev–Trinajstić information content (AvgIpc) is 3.50. The lowest BCUT2D eigenvalue weighted by Crippen LogP contribution is -2.21. The van der Waals surface area contributed by atoms with E-state index in [1.165, 1.54) is 45.2 Å². The van der Waals surface area contributed by atoms with Crippen LogP contribution in [0.15, 0.2) is 62.9 Å². The maximum Gasteiger partial charge on any atom is 0.416 e. The van der Waals surface area contributed by atoms with Crippen LogP contribution >= 0.6 is 11.3 Å². The number of rotatable bonds is 4. The number of hydrogen-bond acceptors (Lipinski definition) is 7. The van der Waals surface area contributed by atoms with Crippen molar-refractivity contribution in [2.24, 2.45) is 0 Å². The molecule has 0 bridgehead atoms. The molecular formula is C19H11F3N6O2S. The molecule has 5 aromatic rings. The number of thiophene rings is 1. The summed E-state index contributed by atoms with van der Waals surface area (Å²) in [5.41, 5.74) is -0.154. The third-order valence-corrected chi connectivity index (χ3v) is 5.21. The van der Waals surface area contributed by atoms with Crippen LogP contribution in [0.25, 0.3) is 28.1 Å². The van der Waals surface area contributed by atoms with Crippen molar-refractivity contribution in [2.75, 3.05) is 0 Å². The van der Waals surface area contributed by atoms with Gasteiger partial charge in [0, 0.05) is 10.9 Å². The Kier molecular flexibility index (Phi) is 4.43. The molecule has 0 amide bonds. The largest absolute Gasteiger partial charge is 0.416 e. The second kappa shape index (κ2) is 7.16. The zero-order valence-corrected chi connectivity index (χ0v) is 16.3. The van der Waals surface area contributed by atoms with E-state index in [1.807, 2.05) is 16.8 Å². The van der Waals surface area contributed by atoms with Gasteiger partial charge in [-0.25, -0.2) is 9.67 Å². The summed E-state index contributed by atoms with van der Waals surface area (Å²) in [6, 6.07) is 6.49. The molecule has 0 atom stereocenters. The molecule has 0 N–H and O–H groups in total. The number of hydrogen-bond donors (Lipinski definition) is 0. The van der Waals surface area contributed by atoms with Gasteiger partial charge in [0.15, 0.2) is 5.65 Å². The van der Waals surface area contributed by atoms with Crippen LogP contribution in [0.2, 0.25) is 0 Å². The highest BCUT2D eigenvalue weighted by atomic mass is 32.1. The monoisotopic (exact) mass is 444 g/mol. The third kappa shape index (κ3) is 3.50. The molecule has 0 saturated carbocycles. The van der Waals surface area contributed by atoms with E-state index in [1.54, 1.807) is 0 Å². The molecule has 4 heterocycles. The van der Waals surface area contributed by atoms with Gasteiger partial charge >= 0.3 is 6.18 Å². The zero-order valence-electron chi connectivity index (χ0n) is 15.4. The maximum absolute atomic E-state index is 13.0. The smallest absolute Gasteiger partial charge is 0.337 e. The molecule has 156 valence electrons. The van der Waals surface area contributed by atoms with E-state index in [9.17, 15) is 18.0 Å². The first kappa shape index (κ1) is 19.2. The number of alkyl halides is 3. The van der Waals surface area contributed by atoms with Crippen LogP contribution in [-0.2, 0) is 12.7 Å². The highest BCUT2D eigenvalue weighted by Gasteiger charge is 2.30. The van der Waals surface area contributed by atoms with Crippen LogP contribution in [0.3, 0.4) is 0 Å². The standard InChI is InChI=1S/C19H11F3N6O2S/c20-19(21,22)12-2-1-3-13(6-12)28-17-14(7-24-28)18(29)27(10-23-17)8-15-25-16(26-30-15)11-4-5-31-9-11/h1-7,9-10H,8H2. The Morgan fingerprint density at radius 2 is 2.06 bits per heavy atom. The molecule has 12 heteroatoms. The molecule has 8 nitrogen and oxygen atoms in total. The molecule has 0 saturated heterocycles.